The van der Waals surface area contributed by atoms with Crippen molar-refractivity contribution >= 4 is 28.6 Å². The molecule has 2 N–H and O–H groups in total. The highest BCUT2D eigenvalue weighted by molar-refractivity contribution is 5.92. The minimum Gasteiger partial charge on any atom is -0.378 e. The van der Waals surface area contributed by atoms with Gasteiger partial charge in [0, 0.05) is 57.5 Å². The van der Waals surface area contributed by atoms with Crippen LogP contribution in [0.5, 0.6) is 0 Å². The fraction of sp³-hybridized carbons (Fsp3) is 0.296. The summed E-state index contributed by atoms with van der Waals surface area (Å²) in [6.45, 7) is 13.2. The van der Waals surface area contributed by atoms with Crippen LogP contribution in [0.3, 0.4) is 0 Å². The molecule has 10 nitrogen and oxygen atoms in total. The summed E-state index contributed by atoms with van der Waals surface area (Å²) in [6, 6.07) is 9.70. The van der Waals surface area contributed by atoms with Crippen molar-refractivity contribution in [3.63, 3.8) is 0 Å². The van der Waals surface area contributed by atoms with Gasteiger partial charge in [0.2, 0.25) is 11.7 Å². The lowest BCUT2D eigenvalue weighted by Crippen LogP contribution is -2.37. The lowest BCUT2D eigenvalue weighted by Gasteiger charge is -2.28. The normalized spacial score (nSPS) is 13.9. The van der Waals surface area contributed by atoms with E-state index in [4.69, 9.17) is 32.0 Å². The summed E-state index contributed by atoms with van der Waals surface area (Å²) < 4.78 is 5.53. The first-order chi connectivity index (χ1) is 17.8. The number of ether oxygens (including phenoxy) is 1. The summed E-state index contributed by atoms with van der Waals surface area (Å²) in [5.74, 6) is 1.27. The van der Waals surface area contributed by atoms with Crippen molar-refractivity contribution in [1.82, 2.24) is 24.9 Å². The Morgan fingerprint density at radius 2 is 1.78 bits per heavy atom. The minimum atomic E-state index is -1.05. The van der Waals surface area contributed by atoms with Crippen LogP contribution in [0.15, 0.2) is 48.9 Å². The van der Waals surface area contributed by atoms with Gasteiger partial charge in [-0.25, -0.2) is 26.5 Å². The van der Waals surface area contributed by atoms with E-state index < -0.39 is 5.54 Å². The van der Waals surface area contributed by atoms with Crippen LogP contribution in [0.1, 0.15) is 19.4 Å². The highest BCUT2D eigenvalue weighted by Gasteiger charge is 2.33. The predicted octanol–water partition coefficient (Wildman–Crippen LogP) is 3.38. The maximum Gasteiger partial charge on any atom is 0.284 e. The van der Waals surface area contributed by atoms with E-state index in [1.54, 1.807) is 32.4 Å². The molecule has 3 aromatic heterocycles. The second-order valence-corrected chi connectivity index (χ2v) is 9.36. The molecule has 0 atom stereocenters. The van der Waals surface area contributed by atoms with Crippen molar-refractivity contribution in [3.8, 4) is 22.5 Å². The van der Waals surface area contributed by atoms with Gasteiger partial charge >= 0.3 is 0 Å². The molecule has 0 saturated carbocycles. The maximum absolute atomic E-state index is 12.6. The number of nitrogens with zero attached hydrogens (tertiary/aromatic N) is 7. The van der Waals surface area contributed by atoms with Crippen LogP contribution in [0.4, 0.5) is 11.8 Å². The third-order valence-corrected chi connectivity index (χ3v) is 6.35. The average Bonchev–Trinajstić information content (AvgIpc) is 2.93. The molecule has 1 aliphatic heterocycles. The lowest BCUT2D eigenvalue weighted by atomic mass is 9.93. The number of rotatable bonds is 6. The third kappa shape index (κ3) is 5.08. The van der Waals surface area contributed by atoms with Gasteiger partial charge in [0.1, 0.15) is 5.52 Å². The van der Waals surface area contributed by atoms with Gasteiger partial charge in [0.15, 0.2) is 11.6 Å². The number of nitrogen functional groups attached to an aromatic ring is 1. The largest absolute Gasteiger partial charge is 0.378 e. The van der Waals surface area contributed by atoms with E-state index in [0.29, 0.717) is 48.7 Å². The first-order valence-corrected chi connectivity index (χ1v) is 11.9. The Balaban J connectivity index is 1.57. The quantitative estimate of drug-likeness (QED) is 0.402. The molecular weight excluding hydrogens is 468 g/mol. The second kappa shape index (κ2) is 9.87. The van der Waals surface area contributed by atoms with Gasteiger partial charge in [-0.1, -0.05) is 24.3 Å². The summed E-state index contributed by atoms with van der Waals surface area (Å²) in [6.07, 6.45) is 5.20. The number of fused-ring (bicyclic) bond motifs is 1. The van der Waals surface area contributed by atoms with Crippen molar-refractivity contribution in [2.75, 3.05) is 36.9 Å². The molecule has 186 valence electrons. The number of benzene rings is 1. The topological polar surface area (TPSA) is 124 Å². The number of anilines is 2. The Morgan fingerprint density at radius 3 is 2.51 bits per heavy atom. The van der Waals surface area contributed by atoms with Gasteiger partial charge in [0.05, 0.1) is 24.3 Å². The minimum absolute atomic E-state index is 0.116. The number of carbonyl (C=O) groups excluding carboxylic acids is 1. The number of ketones is 1. The van der Waals surface area contributed by atoms with E-state index in [-0.39, 0.29) is 18.2 Å². The Labute approximate surface area is 214 Å². The van der Waals surface area contributed by atoms with Crippen LogP contribution in [-0.4, -0.2) is 62.5 Å². The van der Waals surface area contributed by atoms with E-state index in [1.807, 2.05) is 30.3 Å². The Hall–Kier alpha value is -4.49. The first-order valence-electron chi connectivity index (χ1n) is 11.9. The number of aromatic nitrogens is 5. The number of Topliss-reactive ketones (excluding diaryl/α,β-unsaturated/α-hetero) is 1. The summed E-state index contributed by atoms with van der Waals surface area (Å²) in [5, 5.41) is 0. The highest BCUT2D eigenvalue weighted by atomic mass is 16.5. The average molecular weight is 495 g/mol. The molecule has 1 saturated heterocycles. The van der Waals surface area contributed by atoms with Crippen LogP contribution < -0.4 is 10.6 Å². The van der Waals surface area contributed by atoms with Gasteiger partial charge < -0.3 is 20.2 Å². The zero-order valence-corrected chi connectivity index (χ0v) is 20.7. The molecule has 0 radical (unpaired) electrons. The van der Waals surface area contributed by atoms with E-state index in [1.165, 1.54) is 0 Å². The lowest BCUT2D eigenvalue weighted by molar-refractivity contribution is -0.121. The number of pyridine rings is 1. The molecule has 0 aliphatic carbocycles. The summed E-state index contributed by atoms with van der Waals surface area (Å²) >= 11 is 0. The molecule has 1 aliphatic rings. The van der Waals surface area contributed by atoms with E-state index in [2.05, 4.69) is 19.7 Å². The number of hydrogen-bond acceptors (Lipinski definition) is 9. The highest BCUT2D eigenvalue weighted by Crippen LogP contribution is 2.30. The van der Waals surface area contributed by atoms with Crippen molar-refractivity contribution in [3.05, 3.63) is 65.9 Å². The molecule has 0 bridgehead atoms. The first kappa shape index (κ1) is 24.2. The number of hydrogen-bond donors (Lipinski definition) is 1. The molecule has 0 amide bonds. The standard InChI is InChI=1S/C27H26N8O2/c1-27(2,29-3)22(36)12-17-5-4-6-18(11-17)19-13-21-23(30-14-19)25(35-7-9-37-10-8-35)34-24(33-21)20-15-31-26(28)32-16-20/h4-6,11,13-16H,7-10,12H2,1-2H3,(H2,28,31,32). The van der Waals surface area contributed by atoms with E-state index in [9.17, 15) is 4.79 Å². The maximum atomic E-state index is 12.6. The van der Waals surface area contributed by atoms with Crippen molar-refractivity contribution in [2.24, 2.45) is 0 Å². The van der Waals surface area contributed by atoms with E-state index in [0.717, 1.165) is 22.5 Å². The van der Waals surface area contributed by atoms with Crippen LogP contribution in [0, 0.1) is 6.57 Å². The number of nitrogens with two attached hydrogens (primary N) is 1. The zero-order chi connectivity index (χ0) is 26.0. The Morgan fingerprint density at radius 1 is 1.05 bits per heavy atom. The van der Waals surface area contributed by atoms with Gasteiger partial charge in [-0.2, -0.15) is 0 Å². The summed E-state index contributed by atoms with van der Waals surface area (Å²) in [4.78, 5) is 40.8. The number of carbonyl (C=O) groups is 1. The van der Waals surface area contributed by atoms with Crippen LogP contribution >= 0.6 is 0 Å². The monoisotopic (exact) mass is 494 g/mol. The van der Waals surface area contributed by atoms with Gasteiger partial charge in [-0.05, 0) is 17.2 Å². The van der Waals surface area contributed by atoms with Crippen molar-refractivity contribution in [2.45, 2.75) is 25.8 Å². The van der Waals surface area contributed by atoms with Gasteiger partial charge in [-0.15, -0.1) is 0 Å². The zero-order valence-electron chi connectivity index (χ0n) is 20.7. The number of morpholine rings is 1. The second-order valence-electron chi connectivity index (χ2n) is 9.36. The van der Waals surface area contributed by atoms with Crippen LogP contribution in [0.25, 0.3) is 38.4 Å². The SMILES string of the molecule is [C-]#[N+]C(C)(C)C(=O)Cc1cccc(-c2cnc3c(N4CCOCC4)nc(-c4cnc(N)nc4)nc3c2)c1. The molecule has 5 rings (SSSR count). The summed E-state index contributed by atoms with van der Waals surface area (Å²) in [7, 11) is 0. The van der Waals surface area contributed by atoms with Gasteiger partial charge in [-0.3, -0.25) is 9.78 Å². The molecule has 10 heteroatoms. The fourth-order valence-corrected chi connectivity index (χ4v) is 4.06. The molecule has 37 heavy (non-hydrogen) atoms. The van der Waals surface area contributed by atoms with Crippen molar-refractivity contribution in [1.29, 1.82) is 0 Å². The molecular formula is C27H26N8O2. The van der Waals surface area contributed by atoms with Crippen LogP contribution in [-0.2, 0) is 16.0 Å². The molecule has 4 heterocycles. The predicted molar refractivity (Wildman–Crippen MR) is 141 cm³/mol. The molecule has 1 aromatic carbocycles. The molecule has 0 unspecified atom stereocenters. The Bertz CT molecular complexity index is 1510. The van der Waals surface area contributed by atoms with Gasteiger partial charge in [0.25, 0.3) is 5.54 Å². The van der Waals surface area contributed by atoms with Crippen molar-refractivity contribution < 1.29 is 9.53 Å². The smallest absolute Gasteiger partial charge is 0.284 e. The fourth-order valence-electron chi connectivity index (χ4n) is 4.06. The Kier molecular flexibility index (Phi) is 6.46. The third-order valence-electron chi connectivity index (χ3n) is 6.35. The van der Waals surface area contributed by atoms with E-state index >= 15 is 0 Å². The van der Waals surface area contributed by atoms with Crippen LogP contribution in [0.2, 0.25) is 0 Å². The summed E-state index contributed by atoms with van der Waals surface area (Å²) in [5.41, 5.74) is 9.25. The molecule has 0 spiro atoms. The molecule has 1 fully saturated rings. The molecule has 4 aromatic rings.